The fourth-order valence-corrected chi connectivity index (χ4v) is 5.51. The van der Waals surface area contributed by atoms with E-state index in [0.717, 1.165) is 30.4 Å². The van der Waals surface area contributed by atoms with Gasteiger partial charge >= 0.3 is 0 Å². The van der Waals surface area contributed by atoms with E-state index in [1.807, 2.05) is 18.0 Å². The summed E-state index contributed by atoms with van der Waals surface area (Å²) < 4.78 is 0. The third kappa shape index (κ3) is 4.73. The van der Waals surface area contributed by atoms with Crippen LogP contribution in [0.3, 0.4) is 0 Å². The summed E-state index contributed by atoms with van der Waals surface area (Å²) in [5.41, 5.74) is 2.15. The zero-order chi connectivity index (χ0) is 19.4. The summed E-state index contributed by atoms with van der Waals surface area (Å²) in [7, 11) is 0. The van der Waals surface area contributed by atoms with Gasteiger partial charge in [0.1, 0.15) is 0 Å². The van der Waals surface area contributed by atoms with Gasteiger partial charge in [0.25, 0.3) is 0 Å². The first-order chi connectivity index (χ1) is 13.6. The Labute approximate surface area is 169 Å². The van der Waals surface area contributed by atoms with Crippen molar-refractivity contribution in [2.45, 2.75) is 90.1 Å². The lowest BCUT2D eigenvalue weighted by atomic mass is 9.72. The molecule has 3 aliphatic rings. The lowest BCUT2D eigenvalue weighted by Gasteiger charge is -2.49. The number of amides is 1. The van der Waals surface area contributed by atoms with E-state index in [9.17, 15) is 4.79 Å². The van der Waals surface area contributed by atoms with E-state index < -0.39 is 0 Å². The smallest absolute Gasteiger partial charge is 0.222 e. The first-order valence-corrected chi connectivity index (χ1v) is 11.4. The monoisotopic (exact) mass is 384 g/mol. The lowest BCUT2D eigenvalue weighted by Crippen LogP contribution is -2.52. The van der Waals surface area contributed by atoms with Gasteiger partial charge in [0.05, 0.1) is 24.1 Å². The molecule has 3 heterocycles. The lowest BCUT2D eigenvalue weighted by molar-refractivity contribution is -0.140. The number of carbonyl (C=O) groups is 1. The molecule has 1 amide bonds. The molecule has 0 N–H and O–H groups in total. The molecule has 0 unspecified atom stereocenters. The van der Waals surface area contributed by atoms with Crippen LogP contribution in [-0.2, 0) is 11.3 Å². The van der Waals surface area contributed by atoms with Crippen LogP contribution < -0.4 is 0 Å². The first-order valence-electron chi connectivity index (χ1n) is 11.4. The van der Waals surface area contributed by atoms with Crippen LogP contribution >= 0.6 is 0 Å². The van der Waals surface area contributed by atoms with Crippen molar-refractivity contribution in [2.24, 2.45) is 5.41 Å². The highest BCUT2D eigenvalue weighted by molar-refractivity contribution is 5.77. The molecule has 5 heteroatoms. The summed E-state index contributed by atoms with van der Waals surface area (Å²) in [6.45, 7) is 5.90. The average molecular weight is 385 g/mol. The summed E-state index contributed by atoms with van der Waals surface area (Å²) in [5, 5.41) is 0. The molecule has 3 fully saturated rings. The second-order valence-electron chi connectivity index (χ2n) is 9.43. The molecular formula is C23H36N4O. The zero-order valence-electron chi connectivity index (χ0n) is 17.5. The Kier molecular flexibility index (Phi) is 6.29. The van der Waals surface area contributed by atoms with Gasteiger partial charge in [0.2, 0.25) is 5.91 Å². The number of likely N-dealkylation sites (tertiary alicyclic amines) is 2. The van der Waals surface area contributed by atoms with Crippen molar-refractivity contribution in [3.05, 3.63) is 23.8 Å². The van der Waals surface area contributed by atoms with E-state index in [1.54, 1.807) is 6.20 Å². The second-order valence-corrected chi connectivity index (χ2v) is 9.43. The van der Waals surface area contributed by atoms with Crippen LogP contribution in [0.15, 0.2) is 12.4 Å². The van der Waals surface area contributed by atoms with Crippen molar-refractivity contribution < 1.29 is 4.79 Å². The van der Waals surface area contributed by atoms with Crippen LogP contribution in [0.4, 0.5) is 0 Å². The number of hydrogen-bond acceptors (Lipinski definition) is 4. The Morgan fingerprint density at radius 2 is 1.71 bits per heavy atom. The van der Waals surface area contributed by atoms with Crippen molar-refractivity contribution >= 4 is 5.91 Å². The fourth-order valence-electron chi connectivity index (χ4n) is 5.51. The van der Waals surface area contributed by atoms with Crippen LogP contribution in [0.5, 0.6) is 0 Å². The summed E-state index contributed by atoms with van der Waals surface area (Å²) in [6, 6.07) is 0.807. The SMILES string of the molecule is Cc1cnc(CN2CC3(CCC2=O)CCN(C2CCCCCCC2)CC3)cn1. The molecule has 4 rings (SSSR count). The van der Waals surface area contributed by atoms with Gasteiger partial charge in [-0.15, -0.1) is 0 Å². The van der Waals surface area contributed by atoms with Crippen LogP contribution in [0.2, 0.25) is 0 Å². The molecule has 1 aromatic heterocycles. The number of aromatic nitrogens is 2. The van der Waals surface area contributed by atoms with Gasteiger partial charge < -0.3 is 9.80 Å². The Morgan fingerprint density at radius 3 is 2.39 bits per heavy atom. The maximum atomic E-state index is 12.5. The minimum atomic E-state index is 0.287. The fraction of sp³-hybridized carbons (Fsp3) is 0.783. The quantitative estimate of drug-likeness (QED) is 0.787. The number of carbonyl (C=O) groups excluding carboxylic acids is 1. The molecule has 0 atom stereocenters. The number of hydrogen-bond donors (Lipinski definition) is 0. The van der Waals surface area contributed by atoms with Crippen molar-refractivity contribution in [3.8, 4) is 0 Å². The van der Waals surface area contributed by atoms with Crippen LogP contribution in [-0.4, -0.2) is 51.4 Å². The zero-order valence-corrected chi connectivity index (χ0v) is 17.5. The number of rotatable bonds is 3. The first kappa shape index (κ1) is 19.8. The minimum absolute atomic E-state index is 0.287. The number of piperidine rings is 2. The highest BCUT2D eigenvalue weighted by atomic mass is 16.2. The van der Waals surface area contributed by atoms with E-state index in [0.29, 0.717) is 18.4 Å². The Balaban J connectivity index is 1.34. The highest BCUT2D eigenvalue weighted by Crippen LogP contribution is 2.41. The molecule has 28 heavy (non-hydrogen) atoms. The maximum absolute atomic E-state index is 12.5. The summed E-state index contributed by atoms with van der Waals surface area (Å²) in [5.74, 6) is 0.287. The van der Waals surface area contributed by atoms with Crippen LogP contribution in [0.1, 0.15) is 82.0 Å². The molecule has 154 valence electrons. The average Bonchev–Trinajstić information content (AvgIpc) is 2.68. The van der Waals surface area contributed by atoms with Gasteiger partial charge in [0, 0.05) is 25.2 Å². The van der Waals surface area contributed by atoms with Crippen molar-refractivity contribution in [2.75, 3.05) is 19.6 Å². The number of aryl methyl sites for hydroxylation is 1. The molecule has 1 aliphatic carbocycles. The van der Waals surface area contributed by atoms with Gasteiger partial charge in [-0.05, 0) is 57.5 Å². The van der Waals surface area contributed by atoms with Crippen LogP contribution in [0.25, 0.3) is 0 Å². The Morgan fingerprint density at radius 1 is 1.00 bits per heavy atom. The van der Waals surface area contributed by atoms with E-state index >= 15 is 0 Å². The normalized spacial score (nSPS) is 24.9. The van der Waals surface area contributed by atoms with Crippen molar-refractivity contribution in [1.82, 2.24) is 19.8 Å². The standard InChI is InChI=1S/C23H36N4O/c1-19-15-25-20(16-24-19)17-27-18-23(10-9-22(27)28)11-13-26(14-12-23)21-7-5-3-2-4-6-8-21/h15-16,21H,2-14,17-18H2,1H3. The van der Waals surface area contributed by atoms with Gasteiger partial charge in [-0.25, -0.2) is 0 Å². The number of nitrogens with zero attached hydrogens (tertiary/aromatic N) is 4. The molecule has 0 aromatic carbocycles. The van der Waals surface area contributed by atoms with Crippen molar-refractivity contribution in [3.63, 3.8) is 0 Å². The van der Waals surface area contributed by atoms with Crippen LogP contribution in [0, 0.1) is 12.3 Å². The molecule has 0 bridgehead atoms. The topological polar surface area (TPSA) is 49.3 Å². The maximum Gasteiger partial charge on any atom is 0.222 e. The molecular weight excluding hydrogens is 348 g/mol. The second kappa shape index (κ2) is 8.89. The predicted molar refractivity (Wildman–Crippen MR) is 111 cm³/mol. The molecule has 2 saturated heterocycles. The van der Waals surface area contributed by atoms with E-state index in [1.165, 1.54) is 70.9 Å². The van der Waals surface area contributed by atoms with Gasteiger partial charge in [0.15, 0.2) is 0 Å². The van der Waals surface area contributed by atoms with E-state index in [2.05, 4.69) is 14.9 Å². The van der Waals surface area contributed by atoms with Gasteiger partial charge in [-0.1, -0.05) is 32.1 Å². The van der Waals surface area contributed by atoms with Gasteiger partial charge in [-0.2, -0.15) is 0 Å². The Bertz CT molecular complexity index is 643. The molecule has 2 aliphatic heterocycles. The van der Waals surface area contributed by atoms with Crippen molar-refractivity contribution in [1.29, 1.82) is 0 Å². The summed E-state index contributed by atoms with van der Waals surface area (Å²) in [6.07, 6.45) is 17.8. The predicted octanol–water partition coefficient (Wildman–Crippen LogP) is 4.10. The molecule has 1 saturated carbocycles. The largest absolute Gasteiger partial charge is 0.336 e. The molecule has 0 radical (unpaired) electrons. The molecule has 1 aromatic rings. The summed E-state index contributed by atoms with van der Waals surface area (Å²) >= 11 is 0. The van der Waals surface area contributed by atoms with Gasteiger partial charge in [-0.3, -0.25) is 14.8 Å². The van der Waals surface area contributed by atoms with E-state index in [4.69, 9.17) is 0 Å². The summed E-state index contributed by atoms with van der Waals surface area (Å²) in [4.78, 5) is 26.2. The highest BCUT2D eigenvalue weighted by Gasteiger charge is 2.41. The third-order valence-electron chi connectivity index (χ3n) is 7.39. The minimum Gasteiger partial charge on any atom is -0.336 e. The van der Waals surface area contributed by atoms with E-state index in [-0.39, 0.29) is 5.91 Å². The Hall–Kier alpha value is -1.49. The molecule has 5 nitrogen and oxygen atoms in total. The molecule has 1 spiro atoms. The third-order valence-corrected chi connectivity index (χ3v) is 7.39.